The number of benzene rings is 1. The lowest BCUT2D eigenvalue weighted by molar-refractivity contribution is -0.154. The second-order valence-electron chi connectivity index (χ2n) is 5.51. The molecule has 1 unspecified atom stereocenters. The topological polar surface area (TPSA) is 130 Å². The van der Waals surface area contributed by atoms with E-state index in [0.717, 1.165) is 5.56 Å². The van der Waals surface area contributed by atoms with Crippen LogP contribution in [0, 0.1) is 0 Å². The van der Waals surface area contributed by atoms with E-state index >= 15 is 0 Å². The molecule has 0 saturated heterocycles. The summed E-state index contributed by atoms with van der Waals surface area (Å²) < 4.78 is 5.06. The Kier molecular flexibility index (Phi) is 7.74. The molecule has 0 radical (unpaired) electrons. The summed E-state index contributed by atoms with van der Waals surface area (Å²) in [5, 5.41) is 26.7. The van der Waals surface area contributed by atoms with Gasteiger partial charge in [0.25, 0.3) is 0 Å². The minimum atomic E-state index is -1.71. The van der Waals surface area contributed by atoms with Crippen molar-refractivity contribution in [2.45, 2.75) is 44.1 Å². The van der Waals surface area contributed by atoms with Crippen molar-refractivity contribution in [2.75, 3.05) is 0 Å². The van der Waals surface area contributed by atoms with Crippen LogP contribution in [-0.4, -0.2) is 39.8 Å². The van der Waals surface area contributed by atoms with Gasteiger partial charge in [0.05, 0.1) is 6.42 Å². The van der Waals surface area contributed by atoms with Gasteiger partial charge in [-0.25, -0.2) is 0 Å². The molecule has 0 fully saturated rings. The molecule has 0 heterocycles. The number of hydrogen-bond acceptors (Lipinski definition) is 6. The van der Waals surface area contributed by atoms with Crippen LogP contribution >= 0.6 is 0 Å². The third-order valence-electron chi connectivity index (χ3n) is 3.46. The van der Waals surface area contributed by atoms with Gasteiger partial charge >= 0.3 is 19.1 Å². The molecule has 0 aliphatic rings. The van der Waals surface area contributed by atoms with E-state index in [4.69, 9.17) is 20.5 Å². The van der Waals surface area contributed by atoms with Crippen LogP contribution in [0.4, 0.5) is 0 Å². The Morgan fingerprint density at radius 2 is 1.83 bits per heavy atom. The third-order valence-corrected chi connectivity index (χ3v) is 3.46. The first-order valence-corrected chi connectivity index (χ1v) is 7.41. The third kappa shape index (κ3) is 7.27. The van der Waals surface area contributed by atoms with Gasteiger partial charge in [0, 0.05) is 0 Å². The zero-order valence-corrected chi connectivity index (χ0v) is 12.9. The van der Waals surface area contributed by atoms with Crippen molar-refractivity contribution in [3.8, 4) is 0 Å². The molecular formula is C15H22BNO6. The number of ether oxygens (including phenoxy) is 1. The van der Waals surface area contributed by atoms with Crippen molar-refractivity contribution in [3.05, 3.63) is 35.9 Å². The highest BCUT2D eigenvalue weighted by Gasteiger charge is 2.36. The first-order valence-electron chi connectivity index (χ1n) is 7.41. The Balaban J connectivity index is 2.46. The molecule has 0 aromatic heterocycles. The average molecular weight is 323 g/mol. The standard InChI is InChI=1S/C15H22BNO6/c17-15(14(19)20,8-4-5-9-16(21)22)10-13(18)23-11-12-6-2-1-3-7-12/h1-3,6-7,21-22H,4-5,8-11,17H2,(H,19,20). The molecule has 0 amide bonds. The lowest BCUT2D eigenvalue weighted by atomic mass is 9.81. The van der Waals surface area contributed by atoms with Crippen LogP contribution in [0.3, 0.4) is 0 Å². The number of carboxylic acids is 1. The van der Waals surface area contributed by atoms with Gasteiger partial charge in [0.1, 0.15) is 12.1 Å². The van der Waals surface area contributed by atoms with Crippen molar-refractivity contribution in [3.63, 3.8) is 0 Å². The molecule has 0 bridgehead atoms. The van der Waals surface area contributed by atoms with Crippen molar-refractivity contribution in [1.29, 1.82) is 0 Å². The lowest BCUT2D eigenvalue weighted by Gasteiger charge is -2.23. The van der Waals surface area contributed by atoms with E-state index in [1.165, 1.54) is 0 Å². The number of hydrogen-bond donors (Lipinski definition) is 4. The summed E-state index contributed by atoms with van der Waals surface area (Å²) in [5.41, 5.74) is 4.89. The molecule has 1 atom stereocenters. The average Bonchev–Trinajstić information content (AvgIpc) is 2.50. The maximum Gasteiger partial charge on any atom is 0.451 e. The number of aliphatic carboxylic acids is 1. The summed E-state index contributed by atoms with van der Waals surface area (Å²) in [4.78, 5) is 23.2. The SMILES string of the molecule is NC(CCCCB(O)O)(CC(=O)OCc1ccccc1)C(=O)O. The summed E-state index contributed by atoms with van der Waals surface area (Å²) in [6.45, 7) is 0.0616. The normalized spacial score (nSPS) is 13.2. The molecular weight excluding hydrogens is 301 g/mol. The summed E-state index contributed by atoms with van der Waals surface area (Å²) in [5.74, 6) is -1.96. The summed E-state index contributed by atoms with van der Waals surface area (Å²) in [6, 6.07) is 9.04. The van der Waals surface area contributed by atoms with Gasteiger partial charge in [-0.15, -0.1) is 0 Å². The van der Waals surface area contributed by atoms with Gasteiger partial charge in [0.15, 0.2) is 0 Å². The van der Waals surface area contributed by atoms with Crippen molar-refractivity contribution < 1.29 is 29.5 Å². The Morgan fingerprint density at radius 3 is 2.39 bits per heavy atom. The number of nitrogens with two attached hydrogens (primary N) is 1. The van der Waals surface area contributed by atoms with E-state index < -0.39 is 31.0 Å². The molecule has 1 aromatic carbocycles. The molecule has 7 nitrogen and oxygen atoms in total. The van der Waals surface area contributed by atoms with Crippen molar-refractivity contribution in [1.82, 2.24) is 0 Å². The minimum absolute atomic E-state index is 0.0511. The molecule has 23 heavy (non-hydrogen) atoms. The fourth-order valence-electron chi connectivity index (χ4n) is 2.08. The van der Waals surface area contributed by atoms with Gasteiger partial charge < -0.3 is 25.6 Å². The number of rotatable bonds is 10. The molecule has 126 valence electrons. The van der Waals surface area contributed by atoms with E-state index in [1.54, 1.807) is 12.1 Å². The number of esters is 1. The number of carboxylic acid groups (broad SMARTS) is 1. The smallest absolute Gasteiger partial charge is 0.451 e. The molecule has 8 heteroatoms. The number of carbonyl (C=O) groups excluding carboxylic acids is 1. The van der Waals surface area contributed by atoms with Crippen LogP contribution in [0.2, 0.25) is 6.32 Å². The Bertz CT molecular complexity index is 510. The molecule has 0 saturated carbocycles. The van der Waals surface area contributed by atoms with Crippen molar-refractivity contribution >= 4 is 19.1 Å². The highest BCUT2D eigenvalue weighted by molar-refractivity contribution is 6.40. The first-order chi connectivity index (χ1) is 10.8. The quantitative estimate of drug-likeness (QED) is 0.281. The largest absolute Gasteiger partial charge is 0.480 e. The zero-order valence-electron chi connectivity index (χ0n) is 12.9. The van der Waals surface area contributed by atoms with E-state index in [9.17, 15) is 14.7 Å². The fourth-order valence-corrected chi connectivity index (χ4v) is 2.08. The van der Waals surface area contributed by atoms with Crippen LogP contribution in [0.15, 0.2) is 30.3 Å². The second kappa shape index (κ2) is 9.29. The zero-order chi connectivity index (χ0) is 17.3. The molecule has 5 N–H and O–H groups in total. The monoisotopic (exact) mass is 323 g/mol. The predicted octanol–water partition coefficient (Wildman–Crippen LogP) is 0.545. The van der Waals surface area contributed by atoms with E-state index in [0.29, 0.717) is 12.8 Å². The van der Waals surface area contributed by atoms with E-state index in [-0.39, 0.29) is 19.3 Å². The van der Waals surface area contributed by atoms with Crippen LogP contribution < -0.4 is 5.73 Å². The van der Waals surface area contributed by atoms with Crippen molar-refractivity contribution in [2.24, 2.45) is 5.73 Å². The highest BCUT2D eigenvalue weighted by Crippen LogP contribution is 2.19. The van der Waals surface area contributed by atoms with Gasteiger partial charge in [-0.05, 0) is 18.3 Å². The number of carbonyl (C=O) groups is 2. The Hall–Kier alpha value is -1.90. The van der Waals surface area contributed by atoms with Gasteiger partial charge in [-0.3, -0.25) is 9.59 Å². The van der Waals surface area contributed by atoms with Gasteiger partial charge in [0.2, 0.25) is 0 Å². The molecule has 0 aliphatic heterocycles. The van der Waals surface area contributed by atoms with Crippen LogP contribution in [0.1, 0.15) is 31.2 Å². The van der Waals surface area contributed by atoms with E-state index in [1.807, 2.05) is 18.2 Å². The first kappa shape index (κ1) is 19.2. The summed E-state index contributed by atoms with van der Waals surface area (Å²) >= 11 is 0. The molecule has 0 spiro atoms. The van der Waals surface area contributed by atoms with Crippen LogP contribution in [0.25, 0.3) is 0 Å². The minimum Gasteiger partial charge on any atom is -0.480 e. The Morgan fingerprint density at radius 1 is 1.17 bits per heavy atom. The molecule has 0 aliphatic carbocycles. The summed E-state index contributed by atoms with van der Waals surface area (Å²) in [7, 11) is -1.43. The molecule has 1 rings (SSSR count). The fraction of sp³-hybridized carbons (Fsp3) is 0.467. The van der Waals surface area contributed by atoms with E-state index in [2.05, 4.69) is 0 Å². The Labute approximate surface area is 135 Å². The van der Waals surface area contributed by atoms with Crippen LogP contribution in [0.5, 0.6) is 0 Å². The maximum absolute atomic E-state index is 11.8. The lowest BCUT2D eigenvalue weighted by Crippen LogP contribution is -2.49. The second-order valence-corrected chi connectivity index (χ2v) is 5.51. The highest BCUT2D eigenvalue weighted by atomic mass is 16.5. The molecule has 1 aromatic rings. The number of unbranched alkanes of at least 4 members (excludes halogenated alkanes) is 1. The predicted molar refractivity (Wildman–Crippen MR) is 84.3 cm³/mol. The maximum atomic E-state index is 11.8. The van der Waals surface area contributed by atoms with Gasteiger partial charge in [-0.1, -0.05) is 43.2 Å². The summed E-state index contributed by atoms with van der Waals surface area (Å²) in [6.07, 6.45) is 0.524. The van der Waals surface area contributed by atoms with Gasteiger partial charge in [-0.2, -0.15) is 0 Å². The van der Waals surface area contributed by atoms with Crippen LogP contribution in [-0.2, 0) is 20.9 Å².